The van der Waals surface area contributed by atoms with E-state index in [9.17, 15) is 4.79 Å². The Morgan fingerprint density at radius 2 is 2.12 bits per heavy atom. The molecule has 0 saturated carbocycles. The number of nitrogens with zero attached hydrogens (tertiary/aromatic N) is 5. The van der Waals surface area contributed by atoms with Crippen LogP contribution < -0.4 is 5.32 Å². The summed E-state index contributed by atoms with van der Waals surface area (Å²) in [7, 11) is 1.93. The third-order valence-corrected chi connectivity index (χ3v) is 4.45. The zero-order chi connectivity index (χ0) is 16.7. The van der Waals surface area contributed by atoms with Crippen molar-refractivity contribution in [2.75, 3.05) is 12.4 Å². The molecule has 1 aliphatic rings. The Morgan fingerprint density at radius 3 is 3.00 bits per heavy atom. The number of nitrogens with one attached hydrogen (secondary N) is 1. The van der Waals surface area contributed by atoms with Crippen LogP contribution in [0, 0.1) is 6.92 Å². The van der Waals surface area contributed by atoms with E-state index in [0.29, 0.717) is 18.8 Å². The molecule has 0 spiro atoms. The van der Waals surface area contributed by atoms with Gasteiger partial charge in [-0.2, -0.15) is 0 Å². The van der Waals surface area contributed by atoms with Crippen molar-refractivity contribution in [3.05, 3.63) is 48.2 Å². The fourth-order valence-corrected chi connectivity index (χ4v) is 3.07. The van der Waals surface area contributed by atoms with Crippen LogP contribution in [0.1, 0.15) is 11.6 Å². The summed E-state index contributed by atoms with van der Waals surface area (Å²) in [6.07, 6.45) is 1.69. The first-order valence-electron chi connectivity index (χ1n) is 7.86. The fraction of sp³-hybridized carbons (Fsp3) is 0.294. The van der Waals surface area contributed by atoms with Crippen LogP contribution in [-0.2, 0) is 17.9 Å². The first-order chi connectivity index (χ1) is 11.6. The van der Waals surface area contributed by atoms with Crippen molar-refractivity contribution in [2.24, 2.45) is 0 Å². The number of carbonyl (C=O) groups is 1. The highest BCUT2D eigenvalue weighted by Gasteiger charge is 2.31. The van der Waals surface area contributed by atoms with Gasteiger partial charge in [-0.3, -0.25) is 14.7 Å². The predicted molar refractivity (Wildman–Crippen MR) is 90.4 cm³/mol. The number of fused-ring (bicyclic) bond motifs is 2. The molecule has 24 heavy (non-hydrogen) atoms. The molecule has 1 amide bonds. The molecule has 0 fully saturated rings. The number of carbonyl (C=O) groups excluding carboxylic acids is 1. The number of hydrogen-bond acceptors (Lipinski definition) is 5. The maximum absolute atomic E-state index is 12.7. The van der Waals surface area contributed by atoms with Crippen molar-refractivity contribution in [3.63, 3.8) is 0 Å². The number of pyridine rings is 1. The summed E-state index contributed by atoms with van der Waals surface area (Å²) in [5.41, 5.74) is 1.62. The van der Waals surface area contributed by atoms with Crippen LogP contribution in [0.25, 0.3) is 10.9 Å². The largest absolute Gasteiger partial charge is 0.323 e. The Morgan fingerprint density at radius 1 is 1.29 bits per heavy atom. The molecule has 0 saturated heterocycles. The van der Waals surface area contributed by atoms with E-state index in [4.69, 9.17) is 0 Å². The molecule has 1 aliphatic heterocycles. The second-order valence-corrected chi connectivity index (χ2v) is 6.11. The number of benzene rings is 1. The highest BCUT2D eigenvalue weighted by atomic mass is 16.2. The van der Waals surface area contributed by atoms with Crippen LogP contribution in [0.5, 0.6) is 0 Å². The molecule has 122 valence electrons. The van der Waals surface area contributed by atoms with E-state index < -0.39 is 0 Å². The number of anilines is 1. The lowest BCUT2D eigenvalue weighted by Crippen LogP contribution is -2.48. The molecule has 7 heteroatoms. The SMILES string of the molecule is Cc1nnc2n1CC(C(=O)Nc1cnc3ccccc3c1)N(C)C2. The average molecular weight is 322 g/mol. The average Bonchev–Trinajstić information content (AvgIpc) is 2.94. The zero-order valence-electron chi connectivity index (χ0n) is 13.6. The third-order valence-electron chi connectivity index (χ3n) is 4.45. The highest BCUT2D eigenvalue weighted by molar-refractivity contribution is 5.96. The van der Waals surface area contributed by atoms with Crippen molar-refractivity contribution in [2.45, 2.75) is 26.1 Å². The molecular weight excluding hydrogens is 304 g/mol. The Bertz CT molecular complexity index is 918. The van der Waals surface area contributed by atoms with E-state index in [1.807, 2.05) is 53.8 Å². The van der Waals surface area contributed by atoms with Gasteiger partial charge in [-0.25, -0.2) is 0 Å². The van der Waals surface area contributed by atoms with Gasteiger partial charge in [0.05, 0.1) is 30.5 Å². The Hall–Kier alpha value is -2.80. The minimum atomic E-state index is -0.265. The van der Waals surface area contributed by atoms with Gasteiger partial charge in [0.25, 0.3) is 0 Å². The quantitative estimate of drug-likeness (QED) is 0.775. The third kappa shape index (κ3) is 2.52. The van der Waals surface area contributed by atoms with Gasteiger partial charge < -0.3 is 9.88 Å². The monoisotopic (exact) mass is 322 g/mol. The Kier molecular flexibility index (Phi) is 3.50. The van der Waals surface area contributed by atoms with Gasteiger partial charge in [-0.1, -0.05) is 18.2 Å². The first-order valence-corrected chi connectivity index (χ1v) is 7.86. The van der Waals surface area contributed by atoms with Crippen LogP contribution >= 0.6 is 0 Å². The number of hydrogen-bond donors (Lipinski definition) is 1. The molecule has 3 heterocycles. The van der Waals surface area contributed by atoms with Crippen LogP contribution in [0.2, 0.25) is 0 Å². The summed E-state index contributed by atoms with van der Waals surface area (Å²) < 4.78 is 2.00. The molecule has 1 aromatic carbocycles. The standard InChI is InChI=1S/C17H18N6O/c1-11-20-21-16-10-22(2)15(9-23(11)16)17(24)19-13-7-12-5-3-4-6-14(12)18-8-13/h3-8,15H,9-10H2,1-2H3,(H,19,24). The van der Waals surface area contributed by atoms with Gasteiger partial charge in [0.15, 0.2) is 0 Å². The van der Waals surface area contributed by atoms with Gasteiger partial charge >= 0.3 is 0 Å². The molecule has 4 rings (SSSR count). The van der Waals surface area contributed by atoms with Crippen LogP contribution in [0.4, 0.5) is 5.69 Å². The zero-order valence-corrected chi connectivity index (χ0v) is 13.6. The lowest BCUT2D eigenvalue weighted by atomic mass is 10.1. The number of amides is 1. The lowest BCUT2D eigenvalue weighted by molar-refractivity contribution is -0.122. The summed E-state index contributed by atoms with van der Waals surface area (Å²) in [4.78, 5) is 19.1. The van der Waals surface area contributed by atoms with Crippen molar-refractivity contribution < 1.29 is 4.79 Å². The summed E-state index contributed by atoms with van der Waals surface area (Å²) in [6, 6.07) is 9.52. The van der Waals surface area contributed by atoms with Crippen LogP contribution in [-0.4, -0.2) is 43.6 Å². The molecule has 3 aromatic rings. The summed E-state index contributed by atoms with van der Waals surface area (Å²) in [6.45, 7) is 3.07. The normalized spacial score (nSPS) is 17.7. The van der Waals surface area contributed by atoms with E-state index in [0.717, 1.165) is 22.6 Å². The molecule has 0 bridgehead atoms. The maximum atomic E-state index is 12.7. The van der Waals surface area contributed by atoms with E-state index in [1.54, 1.807) is 6.20 Å². The van der Waals surface area contributed by atoms with E-state index in [-0.39, 0.29) is 11.9 Å². The molecule has 7 nitrogen and oxygen atoms in total. The second-order valence-electron chi connectivity index (χ2n) is 6.11. The van der Waals surface area contributed by atoms with Gasteiger partial charge in [0, 0.05) is 5.39 Å². The number of aryl methyl sites for hydroxylation is 1. The topological polar surface area (TPSA) is 75.9 Å². The second kappa shape index (κ2) is 5.68. The number of aromatic nitrogens is 4. The van der Waals surface area contributed by atoms with Crippen LogP contribution in [0.3, 0.4) is 0 Å². The van der Waals surface area contributed by atoms with Gasteiger partial charge in [0.2, 0.25) is 5.91 Å². The number of para-hydroxylation sites is 1. The van der Waals surface area contributed by atoms with E-state index >= 15 is 0 Å². The van der Waals surface area contributed by atoms with Crippen molar-refractivity contribution >= 4 is 22.5 Å². The molecular formula is C17H18N6O. The highest BCUT2D eigenvalue weighted by Crippen LogP contribution is 2.19. The van der Waals surface area contributed by atoms with Crippen molar-refractivity contribution in [3.8, 4) is 0 Å². The van der Waals surface area contributed by atoms with E-state index in [2.05, 4.69) is 20.5 Å². The predicted octanol–water partition coefficient (Wildman–Crippen LogP) is 1.59. The van der Waals surface area contributed by atoms with Gasteiger partial charge in [-0.15, -0.1) is 10.2 Å². The minimum absolute atomic E-state index is 0.0478. The van der Waals surface area contributed by atoms with Gasteiger partial charge in [-0.05, 0) is 26.1 Å². The summed E-state index contributed by atoms with van der Waals surface area (Å²) in [5.74, 6) is 1.68. The molecule has 0 aliphatic carbocycles. The summed E-state index contributed by atoms with van der Waals surface area (Å²) >= 11 is 0. The number of likely N-dealkylation sites (N-methyl/N-ethyl adjacent to an activating group) is 1. The van der Waals surface area contributed by atoms with Crippen LogP contribution in [0.15, 0.2) is 36.5 Å². The molecule has 1 N–H and O–H groups in total. The van der Waals surface area contributed by atoms with Gasteiger partial charge in [0.1, 0.15) is 17.7 Å². The molecule has 1 atom stereocenters. The fourth-order valence-electron chi connectivity index (χ4n) is 3.07. The van der Waals surface area contributed by atoms with E-state index in [1.165, 1.54) is 0 Å². The first kappa shape index (κ1) is 14.8. The lowest BCUT2D eigenvalue weighted by Gasteiger charge is -2.32. The minimum Gasteiger partial charge on any atom is -0.323 e. The Balaban J connectivity index is 1.56. The maximum Gasteiger partial charge on any atom is 0.243 e. The van der Waals surface area contributed by atoms with Crippen molar-refractivity contribution in [1.82, 2.24) is 24.6 Å². The molecule has 2 aromatic heterocycles. The molecule has 0 radical (unpaired) electrons. The number of rotatable bonds is 2. The van der Waals surface area contributed by atoms with Crippen molar-refractivity contribution in [1.29, 1.82) is 0 Å². The molecule has 1 unspecified atom stereocenters. The smallest absolute Gasteiger partial charge is 0.243 e. The Labute approximate surface area is 139 Å². The summed E-state index contributed by atoms with van der Waals surface area (Å²) in [5, 5.41) is 12.2.